The lowest BCUT2D eigenvalue weighted by Gasteiger charge is -2.32. The second-order valence-corrected chi connectivity index (χ2v) is 6.28. The van der Waals surface area contributed by atoms with Crippen LogP contribution in [0, 0.1) is 0 Å². The van der Waals surface area contributed by atoms with Gasteiger partial charge in [-0.1, -0.05) is 0 Å². The van der Waals surface area contributed by atoms with Crippen LogP contribution in [0.25, 0.3) is 0 Å². The first-order valence-electron chi connectivity index (χ1n) is 6.22. The Morgan fingerprint density at radius 1 is 1.20 bits per heavy atom. The summed E-state index contributed by atoms with van der Waals surface area (Å²) in [4.78, 5) is 6.09. The Hall–Kier alpha value is -0.120. The lowest BCUT2D eigenvalue weighted by atomic mass is 9.99. The summed E-state index contributed by atoms with van der Waals surface area (Å²) in [5, 5.41) is 0. The lowest BCUT2D eigenvalue weighted by Crippen LogP contribution is -2.49. The third kappa shape index (κ3) is 1.52. The van der Waals surface area contributed by atoms with Crippen LogP contribution in [0.1, 0.15) is 40.0 Å². The van der Waals surface area contributed by atoms with Crippen molar-refractivity contribution in [2.45, 2.75) is 63.9 Å². The van der Waals surface area contributed by atoms with Crippen molar-refractivity contribution in [3.8, 4) is 0 Å². The van der Waals surface area contributed by atoms with Gasteiger partial charge in [0.1, 0.15) is 31.3 Å². The summed E-state index contributed by atoms with van der Waals surface area (Å²) in [6, 6.07) is 0.628. The second kappa shape index (κ2) is 2.96. The molecule has 4 atom stereocenters. The Labute approximate surface area is 91.9 Å². The normalized spacial score (nSPS) is 48.6. The van der Waals surface area contributed by atoms with Crippen LogP contribution in [0.15, 0.2) is 0 Å². The van der Waals surface area contributed by atoms with Crippen LogP contribution in [-0.4, -0.2) is 41.6 Å². The summed E-state index contributed by atoms with van der Waals surface area (Å²) < 4.78 is 7.09. The molecule has 3 heterocycles. The fourth-order valence-corrected chi connectivity index (χ4v) is 3.55. The third-order valence-corrected chi connectivity index (χ3v) is 4.02. The van der Waals surface area contributed by atoms with Gasteiger partial charge in [0.05, 0.1) is 5.60 Å². The molecule has 0 aromatic heterocycles. The molecule has 86 valence electrons. The minimum absolute atomic E-state index is 0.0120. The SMILES string of the molecule is CC(C)(C)O[C@H]1CC[N@@+]23CC[C@@H](C[C@H]12)O3. The van der Waals surface area contributed by atoms with E-state index < -0.39 is 0 Å². The highest BCUT2D eigenvalue weighted by molar-refractivity contribution is 4.88. The molecule has 0 unspecified atom stereocenters. The van der Waals surface area contributed by atoms with E-state index in [-0.39, 0.29) is 5.60 Å². The van der Waals surface area contributed by atoms with Crippen molar-refractivity contribution in [3.63, 3.8) is 0 Å². The van der Waals surface area contributed by atoms with Crippen LogP contribution in [0.5, 0.6) is 0 Å². The first-order valence-corrected chi connectivity index (χ1v) is 6.22. The third-order valence-electron chi connectivity index (χ3n) is 4.02. The van der Waals surface area contributed by atoms with Crippen LogP contribution in [0.2, 0.25) is 0 Å². The molecule has 3 rings (SSSR count). The largest absolute Gasteiger partial charge is 0.366 e. The highest BCUT2D eigenvalue weighted by Crippen LogP contribution is 2.46. The van der Waals surface area contributed by atoms with Gasteiger partial charge in [0, 0.05) is 19.3 Å². The summed E-state index contributed by atoms with van der Waals surface area (Å²) in [5.41, 5.74) is -0.0120. The van der Waals surface area contributed by atoms with E-state index in [0.29, 0.717) is 18.2 Å². The smallest absolute Gasteiger partial charge is 0.148 e. The van der Waals surface area contributed by atoms with Gasteiger partial charge in [-0.05, 0) is 20.8 Å². The van der Waals surface area contributed by atoms with Crippen molar-refractivity contribution < 1.29 is 14.2 Å². The van der Waals surface area contributed by atoms with Crippen LogP contribution in [-0.2, 0) is 9.57 Å². The molecule has 2 bridgehead atoms. The minimum Gasteiger partial charge on any atom is -0.366 e. The van der Waals surface area contributed by atoms with Crippen molar-refractivity contribution in [1.82, 2.24) is 0 Å². The number of hydrogen-bond donors (Lipinski definition) is 0. The molecule has 0 aromatic rings. The number of piperidine rings is 1. The van der Waals surface area contributed by atoms with Crippen LogP contribution >= 0.6 is 0 Å². The standard InChI is InChI=1S/C12H22NO2/c1-12(2,3)14-11-5-7-13-6-4-9(15-13)8-10(11)13/h9-11H,4-8H2,1-3H3/q+1/t9-,10+,11-,13-/m0/s1. The molecule has 15 heavy (non-hydrogen) atoms. The highest BCUT2D eigenvalue weighted by atomic mass is 16.7. The van der Waals surface area contributed by atoms with Crippen molar-refractivity contribution in [1.29, 1.82) is 0 Å². The van der Waals surface area contributed by atoms with Gasteiger partial charge in [-0.2, -0.15) is 9.48 Å². The van der Waals surface area contributed by atoms with Gasteiger partial charge in [-0.25, -0.2) is 0 Å². The van der Waals surface area contributed by atoms with Crippen molar-refractivity contribution in [2.24, 2.45) is 0 Å². The predicted molar refractivity (Wildman–Crippen MR) is 57.1 cm³/mol. The Bertz CT molecular complexity index is 273. The van der Waals surface area contributed by atoms with E-state index in [0.717, 1.165) is 4.65 Å². The van der Waals surface area contributed by atoms with E-state index in [4.69, 9.17) is 9.57 Å². The number of quaternary nitrogens is 1. The maximum Gasteiger partial charge on any atom is 0.148 e. The van der Waals surface area contributed by atoms with Gasteiger partial charge < -0.3 is 4.74 Å². The number of nitrogens with zero attached hydrogens (tertiary/aromatic N) is 1. The lowest BCUT2D eigenvalue weighted by molar-refractivity contribution is -1.09. The van der Waals surface area contributed by atoms with Crippen molar-refractivity contribution in [2.75, 3.05) is 13.1 Å². The topological polar surface area (TPSA) is 18.5 Å². The van der Waals surface area contributed by atoms with Crippen molar-refractivity contribution in [3.05, 3.63) is 0 Å². The fraction of sp³-hybridized carbons (Fsp3) is 1.00. The number of rotatable bonds is 1. The predicted octanol–water partition coefficient (Wildman–Crippen LogP) is 1.87. The average molecular weight is 212 g/mol. The molecule has 3 aliphatic heterocycles. The Morgan fingerprint density at radius 2 is 1.93 bits per heavy atom. The first-order chi connectivity index (χ1) is 6.99. The Morgan fingerprint density at radius 3 is 2.60 bits per heavy atom. The summed E-state index contributed by atoms with van der Waals surface area (Å²) in [6.07, 6.45) is 4.62. The van der Waals surface area contributed by atoms with E-state index in [2.05, 4.69) is 20.8 Å². The molecule has 3 fully saturated rings. The molecule has 0 saturated carbocycles. The van der Waals surface area contributed by atoms with E-state index >= 15 is 0 Å². The zero-order valence-electron chi connectivity index (χ0n) is 10.0. The van der Waals surface area contributed by atoms with Gasteiger partial charge in [0.2, 0.25) is 0 Å². The molecule has 3 heteroatoms. The Kier molecular flexibility index (Phi) is 1.99. The van der Waals surface area contributed by atoms with Gasteiger partial charge in [-0.15, -0.1) is 0 Å². The molecule has 3 saturated heterocycles. The van der Waals surface area contributed by atoms with Gasteiger partial charge in [-0.3, -0.25) is 0 Å². The molecule has 0 amide bonds. The average Bonchev–Trinajstić information content (AvgIpc) is 2.73. The van der Waals surface area contributed by atoms with E-state index in [1.165, 1.54) is 32.4 Å². The molecule has 3 nitrogen and oxygen atoms in total. The minimum atomic E-state index is -0.0120. The summed E-state index contributed by atoms with van der Waals surface area (Å²) in [6.45, 7) is 8.85. The molecule has 3 aliphatic rings. The maximum atomic E-state index is 6.16. The zero-order valence-corrected chi connectivity index (χ0v) is 10.0. The highest BCUT2D eigenvalue weighted by Gasteiger charge is 2.62. The van der Waals surface area contributed by atoms with Crippen LogP contribution < -0.4 is 0 Å². The molecular weight excluding hydrogens is 190 g/mol. The monoisotopic (exact) mass is 212 g/mol. The summed E-state index contributed by atoms with van der Waals surface area (Å²) in [7, 11) is 0. The van der Waals surface area contributed by atoms with Gasteiger partial charge in [0.25, 0.3) is 0 Å². The number of ether oxygens (including phenoxy) is 1. The summed E-state index contributed by atoms with van der Waals surface area (Å²) in [5.74, 6) is 0. The maximum absolute atomic E-state index is 6.16. The van der Waals surface area contributed by atoms with Gasteiger partial charge >= 0.3 is 0 Å². The van der Waals surface area contributed by atoms with E-state index in [1.807, 2.05) is 0 Å². The molecular formula is C12H22NO2+. The second-order valence-electron chi connectivity index (χ2n) is 6.28. The zero-order chi connectivity index (χ0) is 10.7. The fourth-order valence-electron chi connectivity index (χ4n) is 3.55. The van der Waals surface area contributed by atoms with Crippen LogP contribution in [0.4, 0.5) is 0 Å². The molecule has 1 spiro atoms. The van der Waals surface area contributed by atoms with Gasteiger partial charge in [0.15, 0.2) is 0 Å². The Balaban J connectivity index is 1.74. The first kappa shape index (κ1) is 10.1. The molecule has 0 N–H and O–H groups in total. The molecule has 0 radical (unpaired) electrons. The van der Waals surface area contributed by atoms with Crippen LogP contribution in [0.3, 0.4) is 0 Å². The van der Waals surface area contributed by atoms with Crippen molar-refractivity contribution >= 4 is 0 Å². The molecule has 0 aliphatic carbocycles. The number of hydrogen-bond acceptors (Lipinski definition) is 2. The van der Waals surface area contributed by atoms with E-state index in [1.54, 1.807) is 0 Å². The number of fused-ring (bicyclic) bond motifs is 1. The van der Waals surface area contributed by atoms with E-state index in [9.17, 15) is 0 Å². The summed E-state index contributed by atoms with van der Waals surface area (Å²) >= 11 is 0. The number of hydroxylamine groups is 3. The molecule has 0 aromatic carbocycles. The quantitative estimate of drug-likeness (QED) is 0.618.